The second-order valence-electron chi connectivity index (χ2n) is 6.77. The summed E-state index contributed by atoms with van der Waals surface area (Å²) in [5.74, 6) is 0.677. The summed E-state index contributed by atoms with van der Waals surface area (Å²) in [6.45, 7) is 0. The molecule has 2 saturated carbocycles. The molecule has 2 fully saturated rings. The molecule has 0 atom stereocenters. The maximum Gasteiger partial charge on any atom is 0.254 e. The van der Waals surface area contributed by atoms with Gasteiger partial charge in [0.25, 0.3) is 5.91 Å². The molecule has 114 valence electrons. The second-order valence-corrected chi connectivity index (χ2v) is 6.77. The van der Waals surface area contributed by atoms with Crippen LogP contribution in [0.2, 0.25) is 0 Å². The van der Waals surface area contributed by atoms with Crippen LogP contribution in [-0.2, 0) is 7.05 Å². The van der Waals surface area contributed by atoms with Gasteiger partial charge in [0.15, 0.2) is 5.82 Å². The van der Waals surface area contributed by atoms with E-state index in [1.165, 1.54) is 25.7 Å². The minimum atomic E-state index is 0.0727. The largest absolute Gasteiger partial charge is 0.339 e. The monoisotopic (exact) mass is 296 g/mol. The highest BCUT2D eigenvalue weighted by molar-refractivity contribution is 6.00. The fraction of sp³-hybridized carbons (Fsp3) is 0.471. The predicted octanol–water partition coefficient (Wildman–Crippen LogP) is 2.50. The molecule has 1 heterocycles. The molecule has 5 nitrogen and oxygen atoms in total. The van der Waals surface area contributed by atoms with E-state index in [1.54, 1.807) is 11.0 Å². The van der Waals surface area contributed by atoms with E-state index < -0.39 is 0 Å². The standard InChI is InChI=1S/C17H20N4O/c1-20-11-18-15(19-20)13-5-3-4-6-14(13)16(22)21(2)12-9-17(10-12)7-8-17/h3-6,11-12H,7-10H2,1-2H3. The average Bonchev–Trinajstić information content (AvgIpc) is 3.19. The van der Waals surface area contributed by atoms with Crippen LogP contribution in [0.15, 0.2) is 30.6 Å². The summed E-state index contributed by atoms with van der Waals surface area (Å²) in [5.41, 5.74) is 2.09. The fourth-order valence-corrected chi connectivity index (χ4v) is 3.48. The van der Waals surface area contributed by atoms with Crippen molar-refractivity contribution in [2.75, 3.05) is 7.05 Å². The number of carbonyl (C=O) groups excluding carboxylic acids is 1. The molecule has 2 aliphatic carbocycles. The number of rotatable bonds is 3. The Morgan fingerprint density at radius 2 is 2.05 bits per heavy atom. The van der Waals surface area contributed by atoms with Crippen LogP contribution in [-0.4, -0.2) is 38.7 Å². The second kappa shape index (κ2) is 4.66. The van der Waals surface area contributed by atoms with E-state index >= 15 is 0 Å². The fourth-order valence-electron chi connectivity index (χ4n) is 3.48. The summed E-state index contributed by atoms with van der Waals surface area (Å²) < 4.78 is 1.66. The van der Waals surface area contributed by atoms with Crippen LogP contribution in [0.5, 0.6) is 0 Å². The van der Waals surface area contributed by atoms with Gasteiger partial charge in [0, 0.05) is 25.7 Å². The molecule has 0 radical (unpaired) electrons. The van der Waals surface area contributed by atoms with Crippen molar-refractivity contribution in [3.8, 4) is 11.4 Å². The lowest BCUT2D eigenvalue weighted by molar-refractivity contribution is 0.0506. The summed E-state index contributed by atoms with van der Waals surface area (Å²) in [5, 5.41) is 4.33. The third-order valence-corrected chi connectivity index (χ3v) is 5.16. The first kappa shape index (κ1) is 13.5. The van der Waals surface area contributed by atoms with Crippen molar-refractivity contribution in [3.63, 3.8) is 0 Å². The van der Waals surface area contributed by atoms with Gasteiger partial charge in [-0.15, -0.1) is 0 Å². The van der Waals surface area contributed by atoms with Crippen LogP contribution in [0, 0.1) is 5.41 Å². The van der Waals surface area contributed by atoms with Crippen LogP contribution in [0.4, 0.5) is 0 Å². The Labute approximate surface area is 130 Å². The first-order valence-corrected chi connectivity index (χ1v) is 7.80. The Bertz CT molecular complexity index is 724. The summed E-state index contributed by atoms with van der Waals surface area (Å²) in [7, 11) is 3.75. The molecule has 1 aromatic heterocycles. The topological polar surface area (TPSA) is 51.0 Å². The van der Waals surface area contributed by atoms with E-state index in [1.807, 2.05) is 43.3 Å². The van der Waals surface area contributed by atoms with E-state index in [0.717, 1.165) is 5.56 Å². The zero-order valence-corrected chi connectivity index (χ0v) is 13.0. The summed E-state index contributed by atoms with van der Waals surface area (Å²) in [6.07, 6.45) is 6.68. The molecule has 2 aromatic rings. The normalized spacial score (nSPS) is 19.0. The molecule has 0 N–H and O–H groups in total. The molecule has 22 heavy (non-hydrogen) atoms. The number of hydrogen-bond acceptors (Lipinski definition) is 3. The lowest BCUT2D eigenvalue weighted by Crippen LogP contribution is -2.46. The van der Waals surface area contributed by atoms with Crippen molar-refractivity contribution < 1.29 is 4.79 Å². The van der Waals surface area contributed by atoms with Gasteiger partial charge in [-0.05, 0) is 37.2 Å². The lowest BCUT2D eigenvalue weighted by Gasteiger charge is -2.42. The van der Waals surface area contributed by atoms with Gasteiger partial charge in [0.2, 0.25) is 0 Å². The van der Waals surface area contributed by atoms with Crippen molar-refractivity contribution in [3.05, 3.63) is 36.2 Å². The summed E-state index contributed by atoms with van der Waals surface area (Å²) in [4.78, 5) is 19.1. The Morgan fingerprint density at radius 1 is 1.32 bits per heavy atom. The van der Waals surface area contributed by atoms with Gasteiger partial charge in [0.05, 0.1) is 5.56 Å². The van der Waals surface area contributed by atoms with Crippen LogP contribution in [0.1, 0.15) is 36.0 Å². The van der Waals surface area contributed by atoms with Gasteiger partial charge in [-0.1, -0.05) is 18.2 Å². The van der Waals surface area contributed by atoms with Gasteiger partial charge in [0.1, 0.15) is 6.33 Å². The third kappa shape index (κ3) is 2.12. The molecule has 4 rings (SSSR count). The van der Waals surface area contributed by atoms with Crippen molar-refractivity contribution in [1.82, 2.24) is 19.7 Å². The molecule has 0 saturated heterocycles. The number of aromatic nitrogens is 3. The quantitative estimate of drug-likeness (QED) is 0.874. The summed E-state index contributed by atoms with van der Waals surface area (Å²) in [6, 6.07) is 8.00. The molecule has 1 amide bonds. The van der Waals surface area contributed by atoms with Gasteiger partial charge in [-0.3, -0.25) is 9.48 Å². The zero-order valence-electron chi connectivity index (χ0n) is 13.0. The molecule has 1 spiro atoms. The van der Waals surface area contributed by atoms with Crippen molar-refractivity contribution in [2.45, 2.75) is 31.7 Å². The molecular formula is C17H20N4O. The Morgan fingerprint density at radius 3 is 2.68 bits per heavy atom. The smallest absolute Gasteiger partial charge is 0.254 e. The lowest BCUT2D eigenvalue weighted by atomic mass is 9.76. The highest BCUT2D eigenvalue weighted by atomic mass is 16.2. The maximum absolute atomic E-state index is 12.9. The minimum absolute atomic E-state index is 0.0727. The van der Waals surface area contributed by atoms with E-state index in [2.05, 4.69) is 10.1 Å². The number of nitrogens with zero attached hydrogens (tertiary/aromatic N) is 4. The maximum atomic E-state index is 12.9. The van der Waals surface area contributed by atoms with Crippen molar-refractivity contribution >= 4 is 5.91 Å². The molecular weight excluding hydrogens is 276 g/mol. The molecule has 0 bridgehead atoms. The highest BCUT2D eigenvalue weighted by Gasteiger charge is 2.54. The van der Waals surface area contributed by atoms with Gasteiger partial charge >= 0.3 is 0 Å². The van der Waals surface area contributed by atoms with Crippen molar-refractivity contribution in [2.24, 2.45) is 12.5 Å². The van der Waals surface area contributed by atoms with Crippen molar-refractivity contribution in [1.29, 1.82) is 0 Å². The number of hydrogen-bond donors (Lipinski definition) is 0. The predicted molar refractivity (Wildman–Crippen MR) is 83.2 cm³/mol. The molecule has 0 aliphatic heterocycles. The zero-order chi connectivity index (χ0) is 15.3. The number of carbonyl (C=O) groups is 1. The summed E-state index contributed by atoms with van der Waals surface area (Å²) >= 11 is 0. The van der Waals surface area contributed by atoms with E-state index in [-0.39, 0.29) is 5.91 Å². The first-order valence-electron chi connectivity index (χ1n) is 7.80. The first-order chi connectivity index (χ1) is 10.6. The van der Waals surface area contributed by atoms with Gasteiger partial charge < -0.3 is 4.90 Å². The highest BCUT2D eigenvalue weighted by Crippen LogP contribution is 2.61. The van der Waals surface area contributed by atoms with Crippen LogP contribution in [0.3, 0.4) is 0 Å². The van der Waals surface area contributed by atoms with E-state index in [0.29, 0.717) is 22.8 Å². The SMILES string of the molecule is CN(C(=O)c1ccccc1-c1ncn(C)n1)C1CC2(CC2)C1. The van der Waals surface area contributed by atoms with Crippen LogP contribution in [0.25, 0.3) is 11.4 Å². The van der Waals surface area contributed by atoms with E-state index in [4.69, 9.17) is 0 Å². The average molecular weight is 296 g/mol. The Balaban J connectivity index is 1.60. The van der Waals surface area contributed by atoms with Gasteiger partial charge in [-0.25, -0.2) is 4.98 Å². The minimum Gasteiger partial charge on any atom is -0.339 e. The number of benzene rings is 1. The Hall–Kier alpha value is -2.17. The van der Waals surface area contributed by atoms with Gasteiger partial charge in [-0.2, -0.15) is 5.10 Å². The molecule has 2 aliphatic rings. The molecule has 1 aromatic carbocycles. The Kier molecular flexibility index (Phi) is 2.86. The molecule has 0 unspecified atom stereocenters. The number of amides is 1. The third-order valence-electron chi connectivity index (χ3n) is 5.16. The van der Waals surface area contributed by atoms with E-state index in [9.17, 15) is 4.79 Å². The number of aryl methyl sites for hydroxylation is 1. The van der Waals surface area contributed by atoms with Crippen LogP contribution < -0.4 is 0 Å². The van der Waals surface area contributed by atoms with Crippen LogP contribution >= 0.6 is 0 Å². The molecule has 5 heteroatoms.